The molecule has 3 aromatic heterocycles. The summed E-state index contributed by atoms with van der Waals surface area (Å²) in [6.07, 6.45) is -0.191. The standard InChI is InChI=1S/C27H29F2N7O3S/c1-2-30-23-9-6-17(16-31-23)26-34-22-8-7-21(33-25(22)27(35-26)36-12-14-39-15-13-36)19-5-3-4-18(24(19)29)20(28)10-11-32-40(37)38/h3-9,16,20,32H,2,10-15H2,1H3,(H,30,31)(H,37,38)/p-1. The van der Waals surface area contributed by atoms with Gasteiger partial charge in [0.25, 0.3) is 0 Å². The molecule has 2 N–H and O–H groups in total. The summed E-state index contributed by atoms with van der Waals surface area (Å²) in [5.41, 5.74) is 2.08. The lowest BCUT2D eigenvalue weighted by Gasteiger charge is -2.28. The molecule has 0 radical (unpaired) electrons. The number of halogens is 2. The second-order valence-electron chi connectivity index (χ2n) is 9.09. The number of ether oxygens (including phenoxy) is 1. The maximum absolute atomic E-state index is 15.5. The largest absolute Gasteiger partial charge is 0.760 e. The lowest BCUT2D eigenvalue weighted by molar-refractivity contribution is 0.122. The van der Waals surface area contributed by atoms with Crippen LogP contribution >= 0.6 is 0 Å². The topological polar surface area (TPSA) is 128 Å². The Balaban J connectivity index is 1.54. The summed E-state index contributed by atoms with van der Waals surface area (Å²) >= 11 is -2.51. The Bertz CT molecular complexity index is 1500. The van der Waals surface area contributed by atoms with E-state index in [1.165, 1.54) is 12.1 Å². The first kappa shape index (κ1) is 27.9. The van der Waals surface area contributed by atoms with Gasteiger partial charge in [0.1, 0.15) is 23.3 Å². The maximum Gasteiger partial charge on any atom is 0.163 e. The molecule has 4 heterocycles. The molecule has 0 amide bonds. The van der Waals surface area contributed by atoms with Gasteiger partial charge in [0.05, 0.1) is 24.4 Å². The van der Waals surface area contributed by atoms with Crippen molar-refractivity contribution in [2.24, 2.45) is 0 Å². The summed E-state index contributed by atoms with van der Waals surface area (Å²) in [6, 6.07) is 11.6. The fraction of sp³-hybridized carbons (Fsp3) is 0.333. The van der Waals surface area contributed by atoms with Crippen molar-refractivity contribution in [3.63, 3.8) is 0 Å². The average Bonchev–Trinajstić information content (AvgIpc) is 2.97. The molecule has 210 valence electrons. The van der Waals surface area contributed by atoms with Gasteiger partial charge in [-0.25, -0.2) is 33.4 Å². The van der Waals surface area contributed by atoms with Crippen molar-refractivity contribution in [2.75, 3.05) is 49.6 Å². The third-order valence-corrected chi connectivity index (χ3v) is 6.91. The highest BCUT2D eigenvalue weighted by Crippen LogP contribution is 2.33. The van der Waals surface area contributed by atoms with E-state index in [4.69, 9.17) is 19.7 Å². The van der Waals surface area contributed by atoms with Crippen LogP contribution < -0.4 is 14.9 Å². The van der Waals surface area contributed by atoms with Crippen LogP contribution in [0.1, 0.15) is 25.1 Å². The van der Waals surface area contributed by atoms with E-state index in [9.17, 15) is 13.2 Å². The first-order chi connectivity index (χ1) is 19.4. The van der Waals surface area contributed by atoms with E-state index in [0.717, 1.165) is 17.9 Å². The number of hydrogen-bond acceptors (Lipinski definition) is 9. The third kappa shape index (κ3) is 6.22. The van der Waals surface area contributed by atoms with Crippen LogP contribution in [0.3, 0.4) is 0 Å². The summed E-state index contributed by atoms with van der Waals surface area (Å²) in [6.45, 7) is 4.87. The van der Waals surface area contributed by atoms with Crippen LogP contribution in [0, 0.1) is 5.82 Å². The number of pyridine rings is 2. The predicted octanol–water partition coefficient (Wildman–Crippen LogP) is 3.95. The fourth-order valence-corrected chi connectivity index (χ4v) is 4.78. The van der Waals surface area contributed by atoms with E-state index in [2.05, 4.69) is 19.9 Å². The molecule has 0 aliphatic carbocycles. The van der Waals surface area contributed by atoms with Gasteiger partial charge in [0.15, 0.2) is 11.6 Å². The summed E-state index contributed by atoms with van der Waals surface area (Å²) in [5, 5.41) is 3.16. The number of rotatable bonds is 10. The van der Waals surface area contributed by atoms with Crippen LogP contribution in [0.15, 0.2) is 48.7 Å². The molecule has 1 aliphatic heterocycles. The van der Waals surface area contributed by atoms with Gasteiger partial charge in [-0.15, -0.1) is 0 Å². The molecule has 4 aromatic rings. The van der Waals surface area contributed by atoms with E-state index in [0.29, 0.717) is 54.7 Å². The minimum atomic E-state index is -2.51. The average molecular weight is 569 g/mol. The van der Waals surface area contributed by atoms with E-state index in [1.54, 1.807) is 24.4 Å². The van der Waals surface area contributed by atoms with Crippen molar-refractivity contribution in [3.05, 3.63) is 60.0 Å². The SMILES string of the molecule is CCNc1ccc(-c2nc(N3CCOCC3)c3nc(-c4cccc(C(F)CCNS(=O)[O-])c4F)ccc3n2)cn1. The molecular weight excluding hydrogens is 540 g/mol. The van der Waals surface area contributed by atoms with Crippen molar-refractivity contribution in [3.8, 4) is 22.6 Å². The molecule has 40 heavy (non-hydrogen) atoms. The Kier molecular flexibility index (Phi) is 8.85. The van der Waals surface area contributed by atoms with E-state index in [1.807, 2.05) is 19.1 Å². The number of morpholine rings is 1. The maximum atomic E-state index is 15.5. The smallest absolute Gasteiger partial charge is 0.163 e. The van der Waals surface area contributed by atoms with Gasteiger partial charge in [0, 0.05) is 60.3 Å². The normalized spacial score (nSPS) is 15.2. The molecule has 5 rings (SSSR count). The van der Waals surface area contributed by atoms with Crippen LogP contribution in [0.5, 0.6) is 0 Å². The molecule has 0 saturated carbocycles. The summed E-state index contributed by atoms with van der Waals surface area (Å²) in [7, 11) is 0. The fourth-order valence-electron chi connectivity index (χ4n) is 4.50. The summed E-state index contributed by atoms with van der Waals surface area (Å²) in [4.78, 5) is 20.8. The van der Waals surface area contributed by atoms with Crippen LogP contribution in [-0.2, 0) is 16.0 Å². The number of benzene rings is 1. The summed E-state index contributed by atoms with van der Waals surface area (Å²) < 4.78 is 59.3. The zero-order valence-corrected chi connectivity index (χ0v) is 22.6. The number of nitrogens with one attached hydrogen (secondary N) is 2. The zero-order chi connectivity index (χ0) is 28.1. The minimum Gasteiger partial charge on any atom is -0.760 e. The lowest BCUT2D eigenvalue weighted by atomic mass is 10.0. The van der Waals surface area contributed by atoms with E-state index in [-0.39, 0.29) is 24.1 Å². The molecule has 1 saturated heterocycles. The quantitative estimate of drug-likeness (QED) is 0.273. The molecule has 10 nitrogen and oxygen atoms in total. The molecule has 0 spiro atoms. The van der Waals surface area contributed by atoms with Crippen molar-refractivity contribution < 1.29 is 22.3 Å². The van der Waals surface area contributed by atoms with Gasteiger partial charge in [-0.2, -0.15) is 0 Å². The van der Waals surface area contributed by atoms with Gasteiger partial charge >= 0.3 is 0 Å². The molecule has 0 bridgehead atoms. The lowest BCUT2D eigenvalue weighted by Crippen LogP contribution is -2.37. The Morgan fingerprint density at radius 2 is 1.95 bits per heavy atom. The van der Waals surface area contributed by atoms with E-state index >= 15 is 4.39 Å². The molecule has 1 aliphatic rings. The van der Waals surface area contributed by atoms with Gasteiger partial charge < -0.3 is 19.5 Å². The number of fused-ring (bicyclic) bond motifs is 1. The van der Waals surface area contributed by atoms with E-state index < -0.39 is 23.3 Å². The number of aromatic nitrogens is 4. The first-order valence-corrected chi connectivity index (χ1v) is 14.0. The number of anilines is 2. The molecule has 1 fully saturated rings. The Hall–Kier alpha value is -3.65. The number of nitrogens with zero attached hydrogens (tertiary/aromatic N) is 5. The Morgan fingerprint density at radius 3 is 2.67 bits per heavy atom. The van der Waals surface area contributed by atoms with Crippen LogP contribution in [0.25, 0.3) is 33.7 Å². The Morgan fingerprint density at radius 1 is 1.12 bits per heavy atom. The molecule has 2 atom stereocenters. The van der Waals surface area contributed by atoms with Gasteiger partial charge in [-0.3, -0.25) is 4.21 Å². The zero-order valence-electron chi connectivity index (χ0n) is 21.8. The van der Waals surface area contributed by atoms with Gasteiger partial charge in [-0.1, -0.05) is 12.1 Å². The number of hydrogen-bond donors (Lipinski definition) is 2. The van der Waals surface area contributed by atoms with Crippen molar-refractivity contribution in [1.82, 2.24) is 24.7 Å². The van der Waals surface area contributed by atoms with Crippen LogP contribution in [0.2, 0.25) is 0 Å². The molecule has 2 unspecified atom stereocenters. The second-order valence-corrected chi connectivity index (χ2v) is 9.85. The predicted molar refractivity (Wildman–Crippen MR) is 149 cm³/mol. The second kappa shape index (κ2) is 12.7. The Labute approximate surface area is 232 Å². The van der Waals surface area contributed by atoms with Gasteiger partial charge in [0.2, 0.25) is 0 Å². The van der Waals surface area contributed by atoms with Crippen molar-refractivity contribution in [1.29, 1.82) is 0 Å². The molecule has 13 heteroatoms. The number of alkyl halides is 1. The summed E-state index contributed by atoms with van der Waals surface area (Å²) in [5.74, 6) is 1.09. The van der Waals surface area contributed by atoms with Crippen LogP contribution in [0.4, 0.5) is 20.4 Å². The molecular formula is C27H28F2N7O3S-. The third-order valence-electron chi connectivity index (χ3n) is 6.47. The first-order valence-electron chi connectivity index (χ1n) is 12.9. The highest BCUT2D eigenvalue weighted by molar-refractivity contribution is 7.77. The van der Waals surface area contributed by atoms with Crippen LogP contribution in [-0.4, -0.2) is 68.1 Å². The van der Waals surface area contributed by atoms with Crippen molar-refractivity contribution >= 4 is 33.9 Å². The minimum absolute atomic E-state index is 0.127. The highest BCUT2D eigenvalue weighted by Gasteiger charge is 2.22. The molecule has 1 aromatic carbocycles. The highest BCUT2D eigenvalue weighted by atomic mass is 32.2. The monoisotopic (exact) mass is 568 g/mol. The van der Waals surface area contributed by atoms with Crippen molar-refractivity contribution in [2.45, 2.75) is 19.5 Å². The van der Waals surface area contributed by atoms with Gasteiger partial charge in [-0.05, 0) is 43.7 Å².